The van der Waals surface area contributed by atoms with Crippen molar-refractivity contribution in [2.45, 2.75) is 12.8 Å². The molecule has 0 bridgehead atoms. The quantitative estimate of drug-likeness (QED) is 0.842. The van der Waals surface area contributed by atoms with E-state index in [1.165, 1.54) is 0 Å². The molecule has 7 nitrogen and oxygen atoms in total. The molecule has 1 fully saturated rings. The predicted molar refractivity (Wildman–Crippen MR) is 97.8 cm³/mol. The van der Waals surface area contributed by atoms with Crippen molar-refractivity contribution in [2.24, 2.45) is 5.92 Å². The fraction of sp³-hybridized carbons (Fsp3) is 0.300. The number of nitrogens with zero attached hydrogens (tertiary/aromatic N) is 2. The van der Waals surface area contributed by atoms with Gasteiger partial charge >= 0.3 is 0 Å². The number of pyridine rings is 1. The van der Waals surface area contributed by atoms with Crippen LogP contribution >= 0.6 is 0 Å². The van der Waals surface area contributed by atoms with Crippen molar-refractivity contribution in [1.29, 1.82) is 0 Å². The highest BCUT2D eigenvalue weighted by molar-refractivity contribution is 6.00. The number of anilines is 1. The molecule has 0 radical (unpaired) electrons. The molecule has 1 aromatic heterocycles. The minimum Gasteiger partial charge on any atom is -0.482 e. The van der Waals surface area contributed by atoms with Gasteiger partial charge in [-0.25, -0.2) is 0 Å². The van der Waals surface area contributed by atoms with E-state index in [1.54, 1.807) is 47.5 Å². The van der Waals surface area contributed by atoms with Crippen molar-refractivity contribution < 1.29 is 19.1 Å². The van der Waals surface area contributed by atoms with E-state index in [0.717, 1.165) is 12.8 Å². The molecule has 2 aliphatic rings. The molecule has 2 amide bonds. The maximum atomic E-state index is 12.9. The number of hydrogen-bond acceptors (Lipinski definition) is 5. The van der Waals surface area contributed by atoms with E-state index >= 15 is 0 Å². The molecule has 2 aromatic rings. The van der Waals surface area contributed by atoms with Gasteiger partial charge in [-0.1, -0.05) is 6.07 Å². The number of hydrogen-bond donors (Lipinski definition) is 1. The van der Waals surface area contributed by atoms with Crippen molar-refractivity contribution in [3.05, 3.63) is 53.9 Å². The summed E-state index contributed by atoms with van der Waals surface area (Å²) in [5, 5.41) is 2.71. The summed E-state index contributed by atoms with van der Waals surface area (Å²) in [4.78, 5) is 42.8. The first kappa shape index (κ1) is 17.2. The maximum absolute atomic E-state index is 12.9. The normalized spacial score (nSPS) is 18.9. The van der Waals surface area contributed by atoms with Crippen LogP contribution in [0, 0.1) is 5.92 Å². The molecule has 0 aliphatic carbocycles. The van der Waals surface area contributed by atoms with Crippen molar-refractivity contribution in [2.75, 3.05) is 25.0 Å². The molecule has 1 unspecified atom stereocenters. The number of rotatable bonds is 3. The molecule has 1 N–H and O–H groups in total. The van der Waals surface area contributed by atoms with Crippen LogP contribution in [0.5, 0.6) is 5.75 Å². The number of likely N-dealkylation sites (tertiary alicyclic amines) is 1. The Hall–Kier alpha value is -3.22. The minimum absolute atomic E-state index is 0.0235. The molecule has 138 valence electrons. The summed E-state index contributed by atoms with van der Waals surface area (Å²) in [6.07, 6.45) is 3.12. The highest BCUT2D eigenvalue weighted by Gasteiger charge is 2.30. The largest absolute Gasteiger partial charge is 0.482 e. The molecule has 0 spiro atoms. The van der Waals surface area contributed by atoms with E-state index < -0.39 is 0 Å². The Balaban J connectivity index is 1.49. The average Bonchev–Trinajstić information content (AvgIpc) is 2.73. The highest BCUT2D eigenvalue weighted by Crippen LogP contribution is 2.30. The number of ether oxygens (including phenoxy) is 1. The third-order valence-electron chi connectivity index (χ3n) is 4.86. The van der Waals surface area contributed by atoms with Gasteiger partial charge in [0.2, 0.25) is 0 Å². The molecule has 0 saturated carbocycles. The van der Waals surface area contributed by atoms with Gasteiger partial charge in [0.25, 0.3) is 11.8 Å². The number of nitrogens with one attached hydrogen (secondary N) is 1. The van der Waals surface area contributed by atoms with Gasteiger partial charge < -0.3 is 15.0 Å². The summed E-state index contributed by atoms with van der Waals surface area (Å²) in [5.74, 6) is -0.140. The molecule has 1 saturated heterocycles. The van der Waals surface area contributed by atoms with Gasteiger partial charge in [0.05, 0.1) is 5.69 Å². The summed E-state index contributed by atoms with van der Waals surface area (Å²) < 4.78 is 5.39. The summed E-state index contributed by atoms with van der Waals surface area (Å²) in [6.45, 7) is 0.928. The van der Waals surface area contributed by atoms with Crippen LogP contribution in [0.25, 0.3) is 0 Å². The fourth-order valence-corrected chi connectivity index (χ4v) is 3.48. The van der Waals surface area contributed by atoms with E-state index in [-0.39, 0.29) is 30.1 Å². The number of Topliss-reactive ketones (excluding diaryl/α,β-unsaturated/α-hetero) is 1. The fourth-order valence-electron chi connectivity index (χ4n) is 3.48. The first-order valence-electron chi connectivity index (χ1n) is 8.93. The third kappa shape index (κ3) is 3.53. The lowest BCUT2D eigenvalue weighted by Crippen LogP contribution is -2.42. The Labute approximate surface area is 156 Å². The molecule has 27 heavy (non-hydrogen) atoms. The zero-order valence-corrected chi connectivity index (χ0v) is 14.7. The van der Waals surface area contributed by atoms with Gasteiger partial charge in [0.1, 0.15) is 11.4 Å². The number of ketones is 1. The van der Waals surface area contributed by atoms with Gasteiger partial charge in [-0.3, -0.25) is 19.4 Å². The van der Waals surface area contributed by atoms with Crippen LogP contribution in [-0.4, -0.2) is 47.2 Å². The lowest BCUT2D eigenvalue weighted by atomic mass is 9.91. The SMILES string of the molecule is O=C1COc2cc(C(=O)N3CCCC(C(=O)c4ccccn4)C3)ccc2N1. The summed E-state index contributed by atoms with van der Waals surface area (Å²) >= 11 is 0. The van der Waals surface area contributed by atoms with Crippen LogP contribution in [-0.2, 0) is 4.79 Å². The second-order valence-corrected chi connectivity index (χ2v) is 6.72. The number of aromatic nitrogens is 1. The molecule has 2 aliphatic heterocycles. The lowest BCUT2D eigenvalue weighted by Gasteiger charge is -2.32. The summed E-state index contributed by atoms with van der Waals surface area (Å²) in [6, 6.07) is 10.2. The van der Waals surface area contributed by atoms with Gasteiger partial charge in [0.15, 0.2) is 12.4 Å². The van der Waals surface area contributed by atoms with Crippen molar-refractivity contribution in [3.63, 3.8) is 0 Å². The second kappa shape index (κ2) is 7.19. The van der Waals surface area contributed by atoms with E-state index in [2.05, 4.69) is 10.3 Å². The van der Waals surface area contributed by atoms with E-state index in [0.29, 0.717) is 35.8 Å². The van der Waals surface area contributed by atoms with Crippen LogP contribution in [0.1, 0.15) is 33.7 Å². The van der Waals surface area contributed by atoms with Crippen LogP contribution in [0.15, 0.2) is 42.6 Å². The zero-order valence-electron chi connectivity index (χ0n) is 14.7. The lowest BCUT2D eigenvalue weighted by molar-refractivity contribution is -0.118. The smallest absolute Gasteiger partial charge is 0.262 e. The number of carbonyl (C=O) groups excluding carboxylic acids is 3. The zero-order chi connectivity index (χ0) is 18.8. The van der Waals surface area contributed by atoms with Crippen LogP contribution in [0.3, 0.4) is 0 Å². The molecule has 1 atom stereocenters. The standard InChI is InChI=1S/C20H19N3O4/c24-18-12-27-17-10-13(6-7-15(17)22-18)20(26)23-9-3-4-14(11-23)19(25)16-5-1-2-8-21-16/h1-2,5-8,10,14H,3-4,9,11-12H2,(H,22,24). The molecule has 4 rings (SSSR count). The molecule has 1 aromatic carbocycles. The first-order valence-corrected chi connectivity index (χ1v) is 8.93. The van der Waals surface area contributed by atoms with Crippen molar-refractivity contribution in [1.82, 2.24) is 9.88 Å². The number of carbonyl (C=O) groups is 3. The molecular formula is C20H19N3O4. The van der Waals surface area contributed by atoms with Crippen LogP contribution in [0.4, 0.5) is 5.69 Å². The minimum atomic E-state index is -0.245. The van der Waals surface area contributed by atoms with Gasteiger partial charge in [-0.05, 0) is 43.2 Å². The molecule has 3 heterocycles. The number of amides is 2. The van der Waals surface area contributed by atoms with Gasteiger partial charge in [-0.2, -0.15) is 0 Å². The van der Waals surface area contributed by atoms with Crippen LogP contribution < -0.4 is 10.1 Å². The topological polar surface area (TPSA) is 88.6 Å². The van der Waals surface area contributed by atoms with Crippen molar-refractivity contribution in [3.8, 4) is 5.75 Å². The van der Waals surface area contributed by atoms with E-state index in [9.17, 15) is 14.4 Å². The Morgan fingerprint density at radius 3 is 2.93 bits per heavy atom. The molecular weight excluding hydrogens is 346 g/mol. The predicted octanol–water partition coefficient (Wildman–Crippen LogP) is 2.15. The number of fused-ring (bicyclic) bond motifs is 1. The average molecular weight is 365 g/mol. The number of benzene rings is 1. The Kier molecular flexibility index (Phi) is 4.58. The monoisotopic (exact) mass is 365 g/mol. The highest BCUT2D eigenvalue weighted by atomic mass is 16.5. The van der Waals surface area contributed by atoms with E-state index in [1.807, 2.05) is 0 Å². The maximum Gasteiger partial charge on any atom is 0.262 e. The first-order chi connectivity index (χ1) is 13.1. The van der Waals surface area contributed by atoms with Gasteiger partial charge in [0, 0.05) is 30.8 Å². The summed E-state index contributed by atoms with van der Waals surface area (Å²) in [5.41, 5.74) is 1.48. The van der Waals surface area contributed by atoms with Crippen LogP contribution in [0.2, 0.25) is 0 Å². The van der Waals surface area contributed by atoms with Gasteiger partial charge in [-0.15, -0.1) is 0 Å². The Morgan fingerprint density at radius 2 is 2.11 bits per heavy atom. The molecule has 7 heteroatoms. The second-order valence-electron chi connectivity index (χ2n) is 6.72. The third-order valence-corrected chi connectivity index (χ3v) is 4.86. The Bertz CT molecular complexity index is 897. The Morgan fingerprint density at radius 1 is 1.22 bits per heavy atom. The van der Waals surface area contributed by atoms with Crippen molar-refractivity contribution >= 4 is 23.3 Å². The van der Waals surface area contributed by atoms with E-state index in [4.69, 9.17) is 4.74 Å². The number of piperidine rings is 1. The summed E-state index contributed by atoms with van der Waals surface area (Å²) in [7, 11) is 0.